The van der Waals surface area contributed by atoms with E-state index in [1.165, 1.54) is 0 Å². The van der Waals surface area contributed by atoms with Gasteiger partial charge in [0.2, 0.25) is 0 Å². The number of carbonyl (C=O) groups is 2. The fourth-order valence-corrected chi connectivity index (χ4v) is 1.72. The van der Waals surface area contributed by atoms with Crippen molar-refractivity contribution in [3.8, 4) is 0 Å². The molecular weight excluding hydrogens is 256 g/mol. The Hall–Kier alpha value is -1.56. The van der Waals surface area contributed by atoms with Gasteiger partial charge in [0.15, 0.2) is 11.5 Å². The maximum absolute atomic E-state index is 12.0. The molecule has 0 fully saturated rings. The topological polar surface area (TPSA) is 74.5 Å². The smallest absolute Gasteiger partial charge is 0.267 e. The standard InChI is InChI=1S/C11H14N4O2.ClH/c1-3-5-7-12-8-9(13-7)14-11(17)15(6-4-2)10(8)16;/h3-6H2,1-2H3;1H. The average molecular weight is 271 g/mol. The molecule has 0 spiro atoms. The first-order chi connectivity index (χ1) is 8.17. The highest BCUT2D eigenvalue weighted by atomic mass is 35.5. The molecule has 0 unspecified atom stereocenters. The van der Waals surface area contributed by atoms with Crippen LogP contribution in [0.25, 0.3) is 0 Å². The van der Waals surface area contributed by atoms with Gasteiger partial charge in [-0.25, -0.2) is 14.8 Å². The van der Waals surface area contributed by atoms with Gasteiger partial charge in [-0.3, -0.25) is 9.69 Å². The maximum Gasteiger partial charge on any atom is 0.352 e. The molecule has 0 N–H and O–H groups in total. The SMILES string of the molecule is CCCC1=NC2=NC(=O)N(CCC)C(=O)C2=N1.Cl. The van der Waals surface area contributed by atoms with Crippen LogP contribution in [0.4, 0.5) is 4.79 Å². The Balaban J connectivity index is 0.00000162. The molecule has 0 aromatic rings. The minimum atomic E-state index is -0.535. The molecule has 7 heteroatoms. The molecule has 0 aliphatic carbocycles. The van der Waals surface area contributed by atoms with Gasteiger partial charge in [-0.1, -0.05) is 13.8 Å². The zero-order chi connectivity index (χ0) is 12.4. The quantitative estimate of drug-likeness (QED) is 0.782. The molecule has 2 rings (SSSR count). The van der Waals surface area contributed by atoms with Crippen molar-refractivity contribution in [2.45, 2.75) is 33.1 Å². The summed E-state index contributed by atoms with van der Waals surface area (Å²) in [6.45, 7) is 4.27. The number of aliphatic imine (C=N–C) groups is 3. The lowest BCUT2D eigenvalue weighted by atomic mass is 10.2. The van der Waals surface area contributed by atoms with E-state index >= 15 is 0 Å². The first-order valence-electron chi connectivity index (χ1n) is 5.78. The number of rotatable bonds is 4. The van der Waals surface area contributed by atoms with Crippen LogP contribution in [0.15, 0.2) is 15.0 Å². The van der Waals surface area contributed by atoms with Crippen LogP contribution >= 0.6 is 12.4 Å². The highest BCUT2D eigenvalue weighted by molar-refractivity contribution is 6.72. The molecule has 3 amide bonds. The van der Waals surface area contributed by atoms with E-state index in [1.54, 1.807) is 0 Å². The highest BCUT2D eigenvalue weighted by Gasteiger charge is 2.36. The van der Waals surface area contributed by atoms with Gasteiger partial charge in [0.25, 0.3) is 5.91 Å². The summed E-state index contributed by atoms with van der Waals surface area (Å²) in [6.07, 6.45) is 2.29. The summed E-state index contributed by atoms with van der Waals surface area (Å²) in [5.41, 5.74) is 0.210. The van der Waals surface area contributed by atoms with E-state index in [4.69, 9.17) is 0 Å². The highest BCUT2D eigenvalue weighted by Crippen LogP contribution is 2.14. The molecule has 6 nitrogen and oxygen atoms in total. The van der Waals surface area contributed by atoms with Crippen LogP contribution in [0.2, 0.25) is 0 Å². The molecule has 0 bridgehead atoms. The van der Waals surface area contributed by atoms with E-state index < -0.39 is 6.03 Å². The number of urea groups is 1. The summed E-state index contributed by atoms with van der Waals surface area (Å²) >= 11 is 0. The number of carbonyl (C=O) groups excluding carboxylic acids is 2. The molecule has 0 atom stereocenters. The molecule has 2 aliphatic rings. The molecule has 0 saturated heterocycles. The summed E-state index contributed by atoms with van der Waals surface area (Å²) in [7, 11) is 0. The molecule has 2 aliphatic heterocycles. The summed E-state index contributed by atoms with van der Waals surface area (Å²) in [5.74, 6) is 0.383. The monoisotopic (exact) mass is 270 g/mol. The number of amidine groups is 2. The lowest BCUT2D eigenvalue weighted by molar-refractivity contribution is -0.121. The van der Waals surface area contributed by atoms with Crippen LogP contribution in [0.1, 0.15) is 33.1 Å². The Morgan fingerprint density at radius 2 is 1.78 bits per heavy atom. The van der Waals surface area contributed by atoms with Crippen LogP contribution < -0.4 is 0 Å². The Morgan fingerprint density at radius 3 is 2.39 bits per heavy atom. The van der Waals surface area contributed by atoms with Crippen molar-refractivity contribution >= 4 is 41.7 Å². The number of hydrogen-bond acceptors (Lipinski definition) is 4. The second-order valence-corrected chi connectivity index (χ2v) is 3.91. The first kappa shape index (κ1) is 14.5. The van der Waals surface area contributed by atoms with Gasteiger partial charge in [0, 0.05) is 13.0 Å². The van der Waals surface area contributed by atoms with E-state index in [0.29, 0.717) is 25.2 Å². The summed E-state index contributed by atoms with van der Waals surface area (Å²) in [6, 6.07) is -0.535. The van der Waals surface area contributed by atoms with Crippen molar-refractivity contribution in [2.24, 2.45) is 15.0 Å². The summed E-state index contributed by atoms with van der Waals surface area (Å²) < 4.78 is 0. The van der Waals surface area contributed by atoms with Crippen molar-refractivity contribution in [2.75, 3.05) is 6.54 Å². The molecular formula is C11H15ClN4O2. The maximum atomic E-state index is 12.0. The Kier molecular flexibility index (Phi) is 4.72. The van der Waals surface area contributed by atoms with Gasteiger partial charge in [-0.2, -0.15) is 4.99 Å². The third-order valence-corrected chi connectivity index (χ3v) is 2.49. The van der Waals surface area contributed by atoms with Crippen molar-refractivity contribution in [3.63, 3.8) is 0 Å². The van der Waals surface area contributed by atoms with E-state index in [9.17, 15) is 9.59 Å². The molecule has 0 saturated carbocycles. The lowest BCUT2D eigenvalue weighted by Gasteiger charge is -2.20. The van der Waals surface area contributed by atoms with E-state index in [2.05, 4.69) is 15.0 Å². The van der Waals surface area contributed by atoms with E-state index in [1.807, 2.05) is 13.8 Å². The van der Waals surface area contributed by atoms with Gasteiger partial charge in [-0.05, 0) is 12.8 Å². The van der Waals surface area contributed by atoms with Gasteiger partial charge in [0.05, 0.1) is 0 Å². The second-order valence-electron chi connectivity index (χ2n) is 3.91. The van der Waals surface area contributed by atoms with E-state index in [-0.39, 0.29) is 29.9 Å². The van der Waals surface area contributed by atoms with Gasteiger partial charge in [0.1, 0.15) is 5.84 Å². The van der Waals surface area contributed by atoms with Crippen molar-refractivity contribution in [1.82, 2.24) is 4.90 Å². The molecule has 2 heterocycles. The van der Waals surface area contributed by atoms with Crippen molar-refractivity contribution in [1.29, 1.82) is 0 Å². The first-order valence-corrected chi connectivity index (χ1v) is 5.78. The molecule has 98 valence electrons. The number of amides is 3. The molecule has 0 aromatic heterocycles. The minimum Gasteiger partial charge on any atom is -0.267 e. The Morgan fingerprint density at radius 1 is 1.06 bits per heavy atom. The van der Waals surface area contributed by atoms with Crippen LogP contribution in [-0.2, 0) is 4.79 Å². The fraction of sp³-hybridized carbons (Fsp3) is 0.545. The number of fused-ring (bicyclic) bond motifs is 1. The normalized spacial score (nSPS) is 17.9. The molecule has 0 aromatic carbocycles. The third-order valence-electron chi connectivity index (χ3n) is 2.49. The zero-order valence-electron chi connectivity index (χ0n) is 10.3. The number of nitrogens with zero attached hydrogens (tertiary/aromatic N) is 4. The van der Waals surface area contributed by atoms with Gasteiger partial charge in [-0.15, -0.1) is 12.4 Å². The number of imide groups is 1. The zero-order valence-corrected chi connectivity index (χ0v) is 11.2. The lowest BCUT2D eigenvalue weighted by Crippen LogP contribution is -2.46. The third kappa shape index (κ3) is 2.48. The Bertz CT molecular complexity index is 468. The van der Waals surface area contributed by atoms with Gasteiger partial charge >= 0.3 is 6.03 Å². The predicted octanol–water partition coefficient (Wildman–Crippen LogP) is 1.83. The predicted molar refractivity (Wildman–Crippen MR) is 71.9 cm³/mol. The van der Waals surface area contributed by atoms with Crippen LogP contribution in [-0.4, -0.2) is 40.8 Å². The average Bonchev–Trinajstić information content (AvgIpc) is 2.67. The molecule has 0 radical (unpaired) electrons. The van der Waals surface area contributed by atoms with Crippen LogP contribution in [0.5, 0.6) is 0 Å². The summed E-state index contributed by atoms with van der Waals surface area (Å²) in [5, 5.41) is 0. The van der Waals surface area contributed by atoms with Crippen LogP contribution in [0.3, 0.4) is 0 Å². The second kappa shape index (κ2) is 5.86. The number of hydrogen-bond donors (Lipinski definition) is 0. The van der Waals surface area contributed by atoms with Crippen LogP contribution in [0, 0.1) is 0 Å². The largest absolute Gasteiger partial charge is 0.352 e. The Labute approximate surface area is 111 Å². The minimum absolute atomic E-state index is 0. The summed E-state index contributed by atoms with van der Waals surface area (Å²) in [4.78, 5) is 36.7. The van der Waals surface area contributed by atoms with Crippen molar-refractivity contribution in [3.05, 3.63) is 0 Å². The van der Waals surface area contributed by atoms with Crippen molar-refractivity contribution < 1.29 is 9.59 Å². The van der Waals surface area contributed by atoms with Gasteiger partial charge < -0.3 is 0 Å². The number of halogens is 1. The molecule has 18 heavy (non-hydrogen) atoms. The fourth-order valence-electron chi connectivity index (χ4n) is 1.72. The van der Waals surface area contributed by atoms with E-state index in [0.717, 1.165) is 11.3 Å².